The van der Waals surface area contributed by atoms with Crippen LogP contribution in [0.25, 0.3) is 0 Å². The number of carbonyl (C=O) groups is 2. The fourth-order valence-electron chi connectivity index (χ4n) is 2.29. The number of hydrogen-bond acceptors (Lipinski definition) is 6. The second-order valence-corrected chi connectivity index (χ2v) is 5.55. The van der Waals surface area contributed by atoms with E-state index < -0.39 is 11.8 Å². The Balaban J connectivity index is 1.90. The van der Waals surface area contributed by atoms with E-state index in [0.29, 0.717) is 29.4 Å². The van der Waals surface area contributed by atoms with E-state index in [0.717, 1.165) is 5.56 Å². The molecule has 2 rings (SSSR count). The maximum atomic E-state index is 12.2. The van der Waals surface area contributed by atoms with Crippen LogP contribution in [0.3, 0.4) is 0 Å². The molecule has 0 fully saturated rings. The van der Waals surface area contributed by atoms with Gasteiger partial charge in [-0.15, -0.1) is 0 Å². The summed E-state index contributed by atoms with van der Waals surface area (Å²) in [5.74, 6) is 0.729. The van der Waals surface area contributed by atoms with E-state index in [1.807, 2.05) is 31.2 Å². The van der Waals surface area contributed by atoms with Crippen molar-refractivity contribution in [3.8, 4) is 17.2 Å². The van der Waals surface area contributed by atoms with E-state index in [1.54, 1.807) is 18.2 Å². The van der Waals surface area contributed by atoms with Crippen LogP contribution in [0.15, 0.2) is 47.6 Å². The van der Waals surface area contributed by atoms with Gasteiger partial charge >= 0.3 is 0 Å². The number of ether oxygens (including phenoxy) is 3. The number of para-hydroxylation sites is 1. The second-order valence-electron chi connectivity index (χ2n) is 5.55. The van der Waals surface area contributed by atoms with Gasteiger partial charge < -0.3 is 19.5 Å². The number of nitrogens with one attached hydrogen (secondary N) is 2. The molecule has 0 aromatic heterocycles. The number of methoxy groups -OCH3 is 2. The lowest BCUT2D eigenvalue weighted by Crippen LogP contribution is -2.34. The maximum absolute atomic E-state index is 12.2. The van der Waals surface area contributed by atoms with E-state index in [1.165, 1.54) is 20.4 Å². The quantitative estimate of drug-likeness (QED) is 0.508. The first kappa shape index (κ1) is 20.8. The Bertz CT molecular complexity index is 829. The molecule has 0 aliphatic heterocycles. The van der Waals surface area contributed by atoms with Crippen molar-refractivity contribution in [2.24, 2.45) is 5.10 Å². The Morgan fingerprint density at radius 3 is 2.39 bits per heavy atom. The number of carbonyl (C=O) groups excluding carboxylic acids is 2. The van der Waals surface area contributed by atoms with Crippen LogP contribution in [0.1, 0.15) is 22.8 Å². The Morgan fingerprint density at radius 2 is 1.75 bits per heavy atom. The van der Waals surface area contributed by atoms with Gasteiger partial charge in [0.25, 0.3) is 11.8 Å². The highest BCUT2D eigenvalue weighted by Gasteiger charge is 2.11. The Labute approximate surface area is 163 Å². The first-order valence-electron chi connectivity index (χ1n) is 8.62. The van der Waals surface area contributed by atoms with Crippen LogP contribution in [-0.4, -0.2) is 45.4 Å². The smallest absolute Gasteiger partial charge is 0.259 e. The normalized spacial score (nSPS) is 10.4. The topological polar surface area (TPSA) is 98.2 Å². The lowest BCUT2D eigenvalue weighted by molar-refractivity contribution is -0.120. The number of hydrazone groups is 1. The van der Waals surface area contributed by atoms with Crippen molar-refractivity contribution in [3.63, 3.8) is 0 Å². The third-order valence-electron chi connectivity index (χ3n) is 3.63. The molecular formula is C20H23N3O5. The van der Waals surface area contributed by atoms with Crippen LogP contribution < -0.4 is 25.0 Å². The molecule has 0 aliphatic rings. The van der Waals surface area contributed by atoms with Crippen molar-refractivity contribution in [1.29, 1.82) is 0 Å². The molecule has 2 aromatic rings. The van der Waals surface area contributed by atoms with Crippen LogP contribution in [0.5, 0.6) is 17.2 Å². The molecule has 2 amide bonds. The summed E-state index contributed by atoms with van der Waals surface area (Å²) in [6.07, 6.45) is 1.48. The lowest BCUT2D eigenvalue weighted by atomic mass is 10.2. The van der Waals surface area contributed by atoms with Crippen LogP contribution in [-0.2, 0) is 4.79 Å². The molecule has 8 heteroatoms. The van der Waals surface area contributed by atoms with Crippen LogP contribution in [0.2, 0.25) is 0 Å². The molecule has 0 heterocycles. The van der Waals surface area contributed by atoms with Gasteiger partial charge in [-0.1, -0.05) is 12.1 Å². The third kappa shape index (κ3) is 6.01. The number of rotatable bonds is 9. The van der Waals surface area contributed by atoms with Crippen molar-refractivity contribution < 1.29 is 23.8 Å². The highest BCUT2D eigenvalue weighted by molar-refractivity contribution is 5.97. The Kier molecular flexibility index (Phi) is 7.83. The number of amides is 2. The molecule has 0 radical (unpaired) electrons. The van der Waals surface area contributed by atoms with Gasteiger partial charge in [0, 0.05) is 17.2 Å². The van der Waals surface area contributed by atoms with Gasteiger partial charge in [0.2, 0.25) is 0 Å². The van der Waals surface area contributed by atoms with Crippen molar-refractivity contribution in [2.75, 3.05) is 27.4 Å². The minimum Gasteiger partial charge on any atom is -0.497 e. The van der Waals surface area contributed by atoms with E-state index in [2.05, 4.69) is 15.8 Å². The molecule has 28 heavy (non-hydrogen) atoms. The Hall–Kier alpha value is -3.55. The van der Waals surface area contributed by atoms with Crippen LogP contribution in [0, 0.1) is 0 Å². The minimum absolute atomic E-state index is 0.233. The molecule has 0 spiro atoms. The summed E-state index contributed by atoms with van der Waals surface area (Å²) in [5.41, 5.74) is 3.41. The molecule has 0 unspecified atom stereocenters. The first-order chi connectivity index (χ1) is 13.6. The average Bonchev–Trinajstić information content (AvgIpc) is 2.73. The van der Waals surface area contributed by atoms with Gasteiger partial charge in [0.05, 0.1) is 33.6 Å². The molecular weight excluding hydrogens is 362 g/mol. The first-order valence-corrected chi connectivity index (χ1v) is 8.62. The minimum atomic E-state index is -0.464. The Morgan fingerprint density at radius 1 is 1.07 bits per heavy atom. The van der Waals surface area contributed by atoms with E-state index in [9.17, 15) is 9.59 Å². The van der Waals surface area contributed by atoms with Gasteiger partial charge in [-0.2, -0.15) is 5.10 Å². The fraction of sp³-hybridized carbons (Fsp3) is 0.250. The van der Waals surface area contributed by atoms with Crippen LogP contribution >= 0.6 is 0 Å². The number of hydrogen-bond donors (Lipinski definition) is 2. The summed E-state index contributed by atoms with van der Waals surface area (Å²) >= 11 is 0. The summed E-state index contributed by atoms with van der Waals surface area (Å²) in [5, 5.41) is 6.42. The van der Waals surface area contributed by atoms with E-state index >= 15 is 0 Å². The molecule has 0 saturated heterocycles. The zero-order valence-electron chi connectivity index (χ0n) is 16.0. The molecule has 0 aliphatic carbocycles. The highest BCUT2D eigenvalue weighted by Crippen LogP contribution is 2.22. The summed E-state index contributed by atoms with van der Waals surface area (Å²) in [6.45, 7) is 2.18. The molecule has 0 atom stereocenters. The van der Waals surface area contributed by atoms with E-state index in [4.69, 9.17) is 14.2 Å². The monoisotopic (exact) mass is 385 g/mol. The molecule has 148 valence electrons. The summed E-state index contributed by atoms with van der Waals surface area (Å²) in [4.78, 5) is 24.1. The van der Waals surface area contributed by atoms with Crippen molar-refractivity contribution in [1.82, 2.24) is 10.7 Å². The van der Waals surface area contributed by atoms with Crippen molar-refractivity contribution in [3.05, 3.63) is 53.6 Å². The van der Waals surface area contributed by atoms with Gasteiger partial charge in [-0.05, 0) is 31.2 Å². The van der Waals surface area contributed by atoms with Crippen LogP contribution in [0.4, 0.5) is 0 Å². The number of nitrogens with zero attached hydrogens (tertiary/aromatic N) is 1. The summed E-state index contributed by atoms with van der Waals surface area (Å²) in [6, 6.07) is 12.1. The zero-order chi connectivity index (χ0) is 20.4. The SMILES string of the molecule is CCOc1ccccc1C=NNC(=O)CNC(=O)c1cc(OC)cc(OC)c1. The van der Waals surface area contributed by atoms with Gasteiger partial charge in [-0.3, -0.25) is 9.59 Å². The maximum Gasteiger partial charge on any atom is 0.259 e. The van der Waals surface area contributed by atoms with Gasteiger partial charge in [0.1, 0.15) is 17.2 Å². The van der Waals surface area contributed by atoms with Crippen molar-refractivity contribution in [2.45, 2.75) is 6.92 Å². The van der Waals surface area contributed by atoms with Gasteiger partial charge in [0.15, 0.2) is 0 Å². The second kappa shape index (κ2) is 10.6. The van der Waals surface area contributed by atoms with E-state index in [-0.39, 0.29) is 6.54 Å². The highest BCUT2D eigenvalue weighted by atomic mass is 16.5. The zero-order valence-corrected chi connectivity index (χ0v) is 16.0. The largest absolute Gasteiger partial charge is 0.497 e. The molecule has 0 saturated carbocycles. The third-order valence-corrected chi connectivity index (χ3v) is 3.63. The summed E-state index contributed by atoms with van der Waals surface area (Å²) < 4.78 is 15.7. The predicted octanol–water partition coefficient (Wildman–Crippen LogP) is 1.98. The lowest BCUT2D eigenvalue weighted by Gasteiger charge is -2.09. The number of benzene rings is 2. The molecule has 2 aromatic carbocycles. The summed E-state index contributed by atoms with van der Waals surface area (Å²) in [7, 11) is 2.98. The molecule has 2 N–H and O–H groups in total. The predicted molar refractivity (Wildman–Crippen MR) is 105 cm³/mol. The fourth-order valence-corrected chi connectivity index (χ4v) is 2.29. The molecule has 8 nitrogen and oxygen atoms in total. The van der Waals surface area contributed by atoms with Gasteiger partial charge in [-0.25, -0.2) is 5.43 Å². The standard InChI is InChI=1S/C20H23N3O5/c1-4-28-18-8-6-5-7-14(18)12-22-23-19(24)13-21-20(25)15-9-16(26-2)11-17(10-15)27-3/h5-12H,4,13H2,1-3H3,(H,21,25)(H,23,24). The average molecular weight is 385 g/mol. The van der Waals surface area contributed by atoms with Crippen molar-refractivity contribution >= 4 is 18.0 Å². The molecule has 0 bridgehead atoms.